The molecule has 1 aliphatic rings. The molecule has 6 heteroatoms. The Labute approximate surface area is 117 Å². The Hall–Kier alpha value is -1.98. The van der Waals surface area contributed by atoms with Crippen molar-refractivity contribution in [3.63, 3.8) is 0 Å². The molecule has 2 aromatic rings. The van der Waals surface area contributed by atoms with Crippen LogP contribution in [0.4, 0.5) is 10.1 Å². The minimum atomic E-state index is -0.328. The normalized spacial score (nSPS) is 17.6. The van der Waals surface area contributed by atoms with Gasteiger partial charge in [-0.3, -0.25) is 0 Å². The van der Waals surface area contributed by atoms with E-state index >= 15 is 0 Å². The van der Waals surface area contributed by atoms with Gasteiger partial charge in [-0.25, -0.2) is 9.07 Å². The summed E-state index contributed by atoms with van der Waals surface area (Å²) < 4.78 is 15.7. The zero-order valence-corrected chi connectivity index (χ0v) is 11.7. The van der Waals surface area contributed by atoms with Crippen LogP contribution < -0.4 is 5.73 Å². The molecule has 1 heterocycles. The van der Waals surface area contributed by atoms with Crippen LogP contribution in [-0.2, 0) is 5.54 Å². The van der Waals surface area contributed by atoms with Gasteiger partial charge in [0.25, 0.3) is 0 Å². The first kappa shape index (κ1) is 13.0. The second-order valence-electron chi connectivity index (χ2n) is 5.79. The first-order valence-electron chi connectivity index (χ1n) is 6.86. The van der Waals surface area contributed by atoms with Crippen molar-refractivity contribution in [2.24, 2.45) is 0 Å². The molecule has 106 valence electrons. The zero-order valence-electron chi connectivity index (χ0n) is 11.7. The first-order chi connectivity index (χ1) is 9.51. The Balaban J connectivity index is 2.10. The number of anilines is 1. The fourth-order valence-electron chi connectivity index (χ4n) is 2.91. The number of nitrogens with zero attached hydrogens (tertiary/aromatic N) is 4. The third-order valence-electron chi connectivity index (χ3n) is 4.30. The summed E-state index contributed by atoms with van der Waals surface area (Å²) in [4.78, 5) is 0. The van der Waals surface area contributed by atoms with Crippen molar-refractivity contribution in [1.82, 2.24) is 20.2 Å². The van der Waals surface area contributed by atoms with Gasteiger partial charge in [0, 0.05) is 16.8 Å². The van der Waals surface area contributed by atoms with Gasteiger partial charge in [-0.15, -0.1) is 5.10 Å². The molecule has 1 aliphatic carbocycles. The summed E-state index contributed by atoms with van der Waals surface area (Å²) in [6, 6.07) is 3.19. The van der Waals surface area contributed by atoms with Crippen molar-refractivity contribution in [2.75, 3.05) is 5.73 Å². The maximum Gasteiger partial charge on any atom is 0.182 e. The molecule has 0 amide bonds. The highest BCUT2D eigenvalue weighted by atomic mass is 19.1. The minimum absolute atomic E-state index is 0.0883. The molecular weight excluding hydrogens is 257 g/mol. The van der Waals surface area contributed by atoms with Crippen molar-refractivity contribution in [2.45, 2.75) is 45.1 Å². The summed E-state index contributed by atoms with van der Waals surface area (Å²) >= 11 is 0. The molecule has 1 saturated carbocycles. The first-order valence-corrected chi connectivity index (χ1v) is 6.86. The quantitative estimate of drug-likeness (QED) is 0.855. The fourth-order valence-corrected chi connectivity index (χ4v) is 2.91. The number of tetrazole rings is 1. The molecule has 0 aliphatic heterocycles. The molecule has 20 heavy (non-hydrogen) atoms. The second kappa shape index (κ2) is 4.54. The molecule has 0 saturated heterocycles. The molecule has 0 unspecified atom stereocenters. The molecule has 5 nitrogen and oxygen atoms in total. The Morgan fingerprint density at radius 3 is 2.65 bits per heavy atom. The van der Waals surface area contributed by atoms with Crippen LogP contribution in [0.5, 0.6) is 0 Å². The van der Waals surface area contributed by atoms with Crippen molar-refractivity contribution >= 4 is 5.69 Å². The van der Waals surface area contributed by atoms with Crippen molar-refractivity contribution in [1.29, 1.82) is 0 Å². The molecule has 0 spiro atoms. The number of hydrogen-bond donors (Lipinski definition) is 1. The number of aromatic nitrogens is 4. The molecule has 0 atom stereocenters. The number of nitrogen functional groups attached to an aromatic ring is 1. The van der Waals surface area contributed by atoms with Gasteiger partial charge in [0.1, 0.15) is 5.82 Å². The van der Waals surface area contributed by atoms with Crippen molar-refractivity contribution in [3.8, 4) is 11.4 Å². The summed E-state index contributed by atoms with van der Waals surface area (Å²) in [6.07, 6.45) is 4.41. The largest absolute Gasteiger partial charge is 0.398 e. The lowest BCUT2D eigenvalue weighted by Crippen LogP contribution is -2.28. The highest BCUT2D eigenvalue weighted by molar-refractivity contribution is 5.64. The molecule has 3 rings (SSSR count). The zero-order chi connectivity index (χ0) is 14.3. The van der Waals surface area contributed by atoms with Gasteiger partial charge in [0.2, 0.25) is 0 Å². The van der Waals surface area contributed by atoms with Crippen molar-refractivity contribution in [3.05, 3.63) is 23.5 Å². The van der Waals surface area contributed by atoms with E-state index in [0.29, 0.717) is 22.6 Å². The SMILES string of the molecule is Cc1c(N)cc(-c2nnnn2C2(C)CCCC2)cc1F. The highest BCUT2D eigenvalue weighted by Gasteiger charge is 2.34. The Morgan fingerprint density at radius 2 is 2.00 bits per heavy atom. The topological polar surface area (TPSA) is 69.6 Å². The van der Waals surface area contributed by atoms with Crippen LogP contribution in [0.2, 0.25) is 0 Å². The molecule has 1 aromatic carbocycles. The number of benzene rings is 1. The highest BCUT2D eigenvalue weighted by Crippen LogP contribution is 2.38. The number of halogens is 1. The number of hydrogen-bond acceptors (Lipinski definition) is 4. The van der Waals surface area contributed by atoms with Gasteiger partial charge in [0.15, 0.2) is 5.82 Å². The van der Waals surface area contributed by atoms with E-state index in [4.69, 9.17) is 5.73 Å². The van der Waals surface area contributed by atoms with Crippen LogP contribution in [0, 0.1) is 12.7 Å². The van der Waals surface area contributed by atoms with E-state index in [0.717, 1.165) is 12.8 Å². The molecule has 0 bridgehead atoms. The third-order valence-corrected chi connectivity index (χ3v) is 4.30. The van der Waals surface area contributed by atoms with Crippen LogP contribution in [0.1, 0.15) is 38.2 Å². The molecule has 0 radical (unpaired) electrons. The van der Waals surface area contributed by atoms with Gasteiger partial charge in [-0.05, 0) is 49.2 Å². The van der Waals surface area contributed by atoms with E-state index in [9.17, 15) is 4.39 Å². The van der Waals surface area contributed by atoms with Crippen LogP contribution in [-0.4, -0.2) is 20.2 Å². The third kappa shape index (κ3) is 1.95. The fraction of sp³-hybridized carbons (Fsp3) is 0.500. The van der Waals surface area contributed by atoms with Crippen LogP contribution >= 0.6 is 0 Å². The smallest absolute Gasteiger partial charge is 0.182 e. The minimum Gasteiger partial charge on any atom is -0.398 e. The van der Waals surface area contributed by atoms with E-state index in [2.05, 4.69) is 22.4 Å². The lowest BCUT2D eigenvalue weighted by Gasteiger charge is -2.24. The van der Waals surface area contributed by atoms with Crippen LogP contribution in [0.15, 0.2) is 12.1 Å². The van der Waals surface area contributed by atoms with E-state index in [-0.39, 0.29) is 11.4 Å². The van der Waals surface area contributed by atoms with Gasteiger partial charge in [-0.1, -0.05) is 12.8 Å². The van der Waals surface area contributed by atoms with Gasteiger partial charge in [-0.2, -0.15) is 0 Å². The standard InChI is InChI=1S/C14H18FN5/c1-9-11(15)7-10(8-12(9)16)13-17-18-19-20(13)14(2)5-3-4-6-14/h7-8H,3-6,16H2,1-2H3. The van der Waals surface area contributed by atoms with E-state index < -0.39 is 0 Å². The maximum atomic E-state index is 13.9. The molecule has 1 aromatic heterocycles. The van der Waals surface area contributed by atoms with Gasteiger partial charge in [0.05, 0.1) is 5.54 Å². The van der Waals surface area contributed by atoms with E-state index in [1.807, 2.05) is 4.68 Å². The summed E-state index contributed by atoms with van der Waals surface area (Å²) in [5.41, 5.74) is 7.27. The molecule has 1 fully saturated rings. The Bertz CT molecular complexity index is 620. The Morgan fingerprint density at radius 1 is 1.30 bits per heavy atom. The Kier molecular flexibility index (Phi) is 2.96. The molecular formula is C14H18FN5. The van der Waals surface area contributed by atoms with E-state index in [1.165, 1.54) is 18.9 Å². The summed E-state index contributed by atoms with van der Waals surface area (Å²) in [7, 11) is 0. The van der Waals surface area contributed by atoms with Crippen molar-refractivity contribution < 1.29 is 4.39 Å². The second-order valence-corrected chi connectivity index (χ2v) is 5.79. The van der Waals surface area contributed by atoms with Crippen LogP contribution in [0.3, 0.4) is 0 Å². The average Bonchev–Trinajstić information content (AvgIpc) is 3.04. The maximum absolute atomic E-state index is 13.9. The monoisotopic (exact) mass is 275 g/mol. The molecule has 2 N–H and O–H groups in total. The predicted molar refractivity (Wildman–Crippen MR) is 74.5 cm³/mol. The van der Waals surface area contributed by atoms with Gasteiger partial charge < -0.3 is 5.73 Å². The lowest BCUT2D eigenvalue weighted by molar-refractivity contribution is 0.292. The van der Waals surface area contributed by atoms with Gasteiger partial charge >= 0.3 is 0 Å². The summed E-state index contributed by atoms with van der Waals surface area (Å²) in [5, 5.41) is 12.0. The van der Waals surface area contributed by atoms with Crippen LogP contribution in [0.25, 0.3) is 11.4 Å². The van der Waals surface area contributed by atoms with E-state index in [1.54, 1.807) is 13.0 Å². The average molecular weight is 275 g/mol. The number of rotatable bonds is 2. The summed E-state index contributed by atoms with van der Waals surface area (Å²) in [6.45, 7) is 3.81. The predicted octanol–water partition coefficient (Wildman–Crippen LogP) is 2.66. The number of nitrogens with two attached hydrogens (primary N) is 1. The lowest BCUT2D eigenvalue weighted by atomic mass is 10.00. The summed E-state index contributed by atoms with van der Waals surface area (Å²) in [5.74, 6) is 0.256.